The number of aliphatic hydroxyl groups is 1. The molecule has 0 aliphatic heterocycles. The maximum absolute atomic E-state index is 13.0. The zero-order chi connectivity index (χ0) is 12.1. The molecule has 16 heavy (non-hydrogen) atoms. The summed E-state index contributed by atoms with van der Waals surface area (Å²) in [6, 6.07) is 2.20. The third-order valence-electron chi connectivity index (χ3n) is 2.04. The summed E-state index contributed by atoms with van der Waals surface area (Å²) in [7, 11) is 1.52. The number of nitrogens with two attached hydrogens (primary N) is 1. The fourth-order valence-electron chi connectivity index (χ4n) is 1.25. The van der Waals surface area contributed by atoms with Gasteiger partial charge in [0.05, 0.1) is 35.7 Å². The molecule has 1 rings (SSSR count). The SMILES string of the molecule is COCC(CO)Nc1cc(Cl)c(F)cc1N. The second-order valence-electron chi connectivity index (χ2n) is 3.33. The molecule has 0 amide bonds. The number of hydrogen-bond acceptors (Lipinski definition) is 4. The van der Waals surface area contributed by atoms with Gasteiger partial charge in [-0.2, -0.15) is 0 Å². The summed E-state index contributed by atoms with van der Waals surface area (Å²) in [6.45, 7) is 0.188. The average Bonchev–Trinajstić information content (AvgIpc) is 2.25. The number of methoxy groups -OCH3 is 1. The van der Waals surface area contributed by atoms with Gasteiger partial charge in [0.1, 0.15) is 5.82 Å². The fraction of sp³-hybridized carbons (Fsp3) is 0.400. The highest BCUT2D eigenvalue weighted by Gasteiger charge is 2.11. The molecule has 0 aliphatic carbocycles. The summed E-state index contributed by atoms with van der Waals surface area (Å²) in [6.07, 6.45) is 0. The van der Waals surface area contributed by atoms with E-state index in [1.807, 2.05) is 0 Å². The Kier molecular flexibility index (Phi) is 4.79. The molecule has 1 atom stereocenters. The molecule has 0 aromatic heterocycles. The van der Waals surface area contributed by atoms with Crippen molar-refractivity contribution in [1.29, 1.82) is 0 Å². The van der Waals surface area contributed by atoms with Crippen LogP contribution in [-0.2, 0) is 4.74 Å². The first-order valence-corrected chi connectivity index (χ1v) is 5.07. The molecule has 1 aromatic rings. The number of rotatable bonds is 5. The highest BCUT2D eigenvalue weighted by Crippen LogP contribution is 2.26. The van der Waals surface area contributed by atoms with Crippen LogP contribution < -0.4 is 11.1 Å². The molecule has 0 aliphatic rings. The summed E-state index contributed by atoms with van der Waals surface area (Å²) >= 11 is 5.63. The molecule has 1 unspecified atom stereocenters. The monoisotopic (exact) mass is 248 g/mol. The van der Waals surface area contributed by atoms with Crippen LogP contribution in [0.2, 0.25) is 5.02 Å². The minimum absolute atomic E-state index is 0.0224. The van der Waals surface area contributed by atoms with Crippen LogP contribution in [0, 0.1) is 5.82 Å². The first kappa shape index (κ1) is 13.0. The Labute approximate surface area is 98.2 Å². The van der Waals surface area contributed by atoms with Gasteiger partial charge in [-0.25, -0.2) is 4.39 Å². The van der Waals surface area contributed by atoms with E-state index in [0.717, 1.165) is 6.07 Å². The molecule has 90 valence electrons. The maximum atomic E-state index is 13.0. The summed E-state index contributed by atoms with van der Waals surface area (Å²) in [5.74, 6) is -0.572. The van der Waals surface area contributed by atoms with Crippen LogP contribution in [0.4, 0.5) is 15.8 Å². The quantitative estimate of drug-likeness (QED) is 0.691. The van der Waals surface area contributed by atoms with Gasteiger partial charge in [0, 0.05) is 13.2 Å². The van der Waals surface area contributed by atoms with E-state index >= 15 is 0 Å². The van der Waals surface area contributed by atoms with E-state index < -0.39 is 5.82 Å². The zero-order valence-electron chi connectivity index (χ0n) is 8.84. The predicted molar refractivity (Wildman–Crippen MR) is 62.2 cm³/mol. The third-order valence-corrected chi connectivity index (χ3v) is 2.33. The first-order chi connectivity index (χ1) is 7.58. The molecule has 6 heteroatoms. The predicted octanol–water partition coefficient (Wildman–Crippen LogP) is 1.48. The van der Waals surface area contributed by atoms with E-state index in [9.17, 15) is 4.39 Å². The molecule has 4 N–H and O–H groups in total. The van der Waals surface area contributed by atoms with E-state index in [4.69, 9.17) is 27.2 Å². The molecule has 0 radical (unpaired) electrons. The van der Waals surface area contributed by atoms with Crippen molar-refractivity contribution in [3.63, 3.8) is 0 Å². The standard InChI is InChI=1S/C10H14ClFN2O2/c1-16-5-6(4-15)14-10-2-7(11)8(12)3-9(10)13/h2-3,6,14-15H,4-5,13H2,1H3. The maximum Gasteiger partial charge on any atom is 0.143 e. The lowest BCUT2D eigenvalue weighted by Crippen LogP contribution is -2.29. The Morgan fingerprint density at radius 3 is 2.88 bits per heavy atom. The van der Waals surface area contributed by atoms with Gasteiger partial charge in [0.25, 0.3) is 0 Å². The smallest absolute Gasteiger partial charge is 0.143 e. The summed E-state index contributed by atoms with van der Waals surface area (Å²) < 4.78 is 17.9. The fourth-order valence-corrected chi connectivity index (χ4v) is 1.41. The molecule has 0 saturated heterocycles. The molecule has 0 spiro atoms. The van der Waals surface area contributed by atoms with Crippen molar-refractivity contribution >= 4 is 23.0 Å². The Hall–Kier alpha value is -1.04. The number of anilines is 2. The highest BCUT2D eigenvalue weighted by atomic mass is 35.5. The second-order valence-corrected chi connectivity index (χ2v) is 3.74. The first-order valence-electron chi connectivity index (χ1n) is 4.69. The van der Waals surface area contributed by atoms with Crippen molar-refractivity contribution in [3.05, 3.63) is 23.0 Å². The Bertz CT molecular complexity index is 363. The Balaban J connectivity index is 2.83. The van der Waals surface area contributed by atoms with Crippen LogP contribution in [0.5, 0.6) is 0 Å². The van der Waals surface area contributed by atoms with Crippen molar-refractivity contribution in [3.8, 4) is 0 Å². The van der Waals surface area contributed by atoms with Gasteiger partial charge in [-0.1, -0.05) is 11.6 Å². The van der Waals surface area contributed by atoms with Crippen molar-refractivity contribution in [2.75, 3.05) is 31.4 Å². The van der Waals surface area contributed by atoms with E-state index in [-0.39, 0.29) is 23.4 Å². The average molecular weight is 249 g/mol. The van der Waals surface area contributed by atoms with Crippen LogP contribution in [0.15, 0.2) is 12.1 Å². The van der Waals surface area contributed by atoms with Crippen LogP contribution in [0.25, 0.3) is 0 Å². The van der Waals surface area contributed by atoms with Crippen LogP contribution in [0.1, 0.15) is 0 Å². The van der Waals surface area contributed by atoms with Crippen molar-refractivity contribution in [2.45, 2.75) is 6.04 Å². The molecule has 0 fully saturated rings. The topological polar surface area (TPSA) is 67.5 Å². The lowest BCUT2D eigenvalue weighted by Gasteiger charge is -2.18. The highest BCUT2D eigenvalue weighted by molar-refractivity contribution is 6.31. The van der Waals surface area contributed by atoms with Gasteiger partial charge >= 0.3 is 0 Å². The molecule has 4 nitrogen and oxygen atoms in total. The molecular weight excluding hydrogens is 235 g/mol. The number of nitrogen functional groups attached to an aromatic ring is 1. The number of nitrogens with one attached hydrogen (secondary N) is 1. The lowest BCUT2D eigenvalue weighted by atomic mass is 10.2. The van der Waals surface area contributed by atoms with Crippen molar-refractivity contribution < 1.29 is 14.2 Å². The second kappa shape index (κ2) is 5.89. The lowest BCUT2D eigenvalue weighted by molar-refractivity contribution is 0.153. The summed E-state index contributed by atoms with van der Waals surface area (Å²) in [5.41, 5.74) is 6.31. The van der Waals surface area contributed by atoms with Gasteiger partial charge in [-0.3, -0.25) is 0 Å². The summed E-state index contributed by atoms with van der Waals surface area (Å²) in [5, 5.41) is 11.9. The van der Waals surface area contributed by atoms with Gasteiger partial charge < -0.3 is 20.9 Å². The van der Waals surface area contributed by atoms with Crippen LogP contribution in [0.3, 0.4) is 0 Å². The number of benzene rings is 1. The van der Waals surface area contributed by atoms with E-state index in [0.29, 0.717) is 12.3 Å². The van der Waals surface area contributed by atoms with Gasteiger partial charge in [0.2, 0.25) is 0 Å². The minimum atomic E-state index is -0.572. The number of hydrogen-bond donors (Lipinski definition) is 3. The minimum Gasteiger partial charge on any atom is -0.397 e. The van der Waals surface area contributed by atoms with Crippen molar-refractivity contribution in [1.82, 2.24) is 0 Å². The molecule has 0 heterocycles. The number of halogens is 2. The zero-order valence-corrected chi connectivity index (χ0v) is 9.59. The molecule has 0 saturated carbocycles. The van der Waals surface area contributed by atoms with E-state index in [2.05, 4.69) is 5.32 Å². The molecule has 1 aromatic carbocycles. The van der Waals surface area contributed by atoms with Crippen molar-refractivity contribution in [2.24, 2.45) is 0 Å². The molecular formula is C10H14ClFN2O2. The van der Waals surface area contributed by atoms with Crippen LogP contribution >= 0.6 is 11.6 Å². The molecule has 0 bridgehead atoms. The van der Waals surface area contributed by atoms with Gasteiger partial charge in [-0.15, -0.1) is 0 Å². The normalized spacial score (nSPS) is 12.5. The summed E-state index contributed by atoms with van der Waals surface area (Å²) in [4.78, 5) is 0. The largest absolute Gasteiger partial charge is 0.397 e. The number of aliphatic hydroxyl groups excluding tert-OH is 1. The van der Waals surface area contributed by atoms with E-state index in [1.165, 1.54) is 13.2 Å². The van der Waals surface area contributed by atoms with E-state index in [1.54, 1.807) is 0 Å². The third kappa shape index (κ3) is 3.23. The van der Waals surface area contributed by atoms with Gasteiger partial charge in [-0.05, 0) is 6.07 Å². The van der Waals surface area contributed by atoms with Gasteiger partial charge in [0.15, 0.2) is 0 Å². The Morgan fingerprint density at radius 1 is 1.62 bits per heavy atom. The van der Waals surface area contributed by atoms with Crippen LogP contribution in [-0.4, -0.2) is 31.5 Å². The Morgan fingerprint density at radius 2 is 2.31 bits per heavy atom. The number of ether oxygens (including phenoxy) is 1.